The van der Waals surface area contributed by atoms with Crippen LogP contribution in [0.5, 0.6) is 0 Å². The summed E-state index contributed by atoms with van der Waals surface area (Å²) in [6.07, 6.45) is 0. The average molecular weight is 464 g/mol. The molecule has 5 aromatic rings. The van der Waals surface area contributed by atoms with Gasteiger partial charge in [0.1, 0.15) is 0 Å². The monoisotopic (exact) mass is 463 g/mol. The first kappa shape index (κ1) is 19.3. The minimum absolute atomic E-state index is 0.646. The second kappa shape index (κ2) is 8.62. The zero-order chi connectivity index (χ0) is 21.0. The standard InChI is InChI=1S/C27H18BrN3/c28-24-18-22(16-17-23(24)19-10-4-1-5-11-19)27-30-25(20-12-6-2-7-13-20)29-26(31-27)21-14-8-3-9-15-21/h1-18H. The molecule has 0 saturated heterocycles. The van der Waals surface area contributed by atoms with Crippen molar-refractivity contribution in [3.63, 3.8) is 0 Å². The maximum atomic E-state index is 4.80. The Labute approximate surface area is 189 Å². The van der Waals surface area contributed by atoms with Crippen LogP contribution in [0.2, 0.25) is 0 Å². The third-order valence-electron chi connectivity index (χ3n) is 5.01. The summed E-state index contributed by atoms with van der Waals surface area (Å²) >= 11 is 3.74. The molecule has 0 amide bonds. The van der Waals surface area contributed by atoms with Gasteiger partial charge in [-0.2, -0.15) is 0 Å². The predicted octanol–water partition coefficient (Wildman–Crippen LogP) is 7.30. The number of rotatable bonds is 4. The van der Waals surface area contributed by atoms with Crippen LogP contribution in [0.4, 0.5) is 0 Å². The van der Waals surface area contributed by atoms with Crippen molar-refractivity contribution in [3.8, 4) is 45.3 Å². The van der Waals surface area contributed by atoms with E-state index in [1.165, 1.54) is 0 Å². The largest absolute Gasteiger partial charge is 0.208 e. The molecular formula is C27H18BrN3. The maximum absolute atomic E-state index is 4.80. The topological polar surface area (TPSA) is 38.7 Å². The Morgan fingerprint density at radius 3 is 1.29 bits per heavy atom. The highest BCUT2D eigenvalue weighted by Gasteiger charge is 2.13. The first-order valence-corrected chi connectivity index (χ1v) is 10.8. The summed E-state index contributed by atoms with van der Waals surface area (Å²) in [7, 11) is 0. The minimum atomic E-state index is 0.646. The number of halogens is 1. The van der Waals surface area contributed by atoms with Crippen LogP contribution in [0.15, 0.2) is 114 Å². The van der Waals surface area contributed by atoms with Gasteiger partial charge in [0.05, 0.1) is 0 Å². The molecule has 3 nitrogen and oxygen atoms in total. The van der Waals surface area contributed by atoms with Crippen molar-refractivity contribution in [2.24, 2.45) is 0 Å². The fourth-order valence-corrected chi connectivity index (χ4v) is 4.05. The van der Waals surface area contributed by atoms with Crippen LogP contribution >= 0.6 is 15.9 Å². The van der Waals surface area contributed by atoms with E-state index in [1.807, 2.05) is 78.9 Å². The molecule has 0 spiro atoms. The molecule has 0 aliphatic carbocycles. The molecule has 0 N–H and O–H groups in total. The molecule has 0 radical (unpaired) electrons. The third kappa shape index (κ3) is 4.16. The lowest BCUT2D eigenvalue weighted by atomic mass is 10.0. The van der Waals surface area contributed by atoms with Crippen LogP contribution in [0.3, 0.4) is 0 Å². The zero-order valence-electron chi connectivity index (χ0n) is 16.6. The number of hydrogen-bond donors (Lipinski definition) is 0. The maximum Gasteiger partial charge on any atom is 0.164 e. The molecule has 5 rings (SSSR count). The van der Waals surface area contributed by atoms with Crippen molar-refractivity contribution < 1.29 is 0 Å². The van der Waals surface area contributed by atoms with Gasteiger partial charge in [-0.3, -0.25) is 0 Å². The Balaban J connectivity index is 1.64. The summed E-state index contributed by atoms with van der Waals surface area (Å²) in [5, 5.41) is 0. The molecule has 0 bridgehead atoms. The quantitative estimate of drug-likeness (QED) is 0.280. The molecule has 0 fully saturated rings. The molecule has 4 aromatic carbocycles. The molecular weight excluding hydrogens is 446 g/mol. The van der Waals surface area contributed by atoms with E-state index in [0.717, 1.165) is 32.3 Å². The van der Waals surface area contributed by atoms with Crippen molar-refractivity contribution in [1.82, 2.24) is 15.0 Å². The van der Waals surface area contributed by atoms with Crippen LogP contribution < -0.4 is 0 Å². The van der Waals surface area contributed by atoms with E-state index in [0.29, 0.717) is 17.5 Å². The summed E-state index contributed by atoms with van der Waals surface area (Å²) in [4.78, 5) is 14.4. The van der Waals surface area contributed by atoms with Gasteiger partial charge in [0.25, 0.3) is 0 Å². The highest BCUT2D eigenvalue weighted by molar-refractivity contribution is 9.10. The first-order valence-electron chi connectivity index (χ1n) is 10.0. The van der Waals surface area contributed by atoms with Gasteiger partial charge in [-0.05, 0) is 17.2 Å². The van der Waals surface area contributed by atoms with Crippen molar-refractivity contribution in [1.29, 1.82) is 0 Å². The number of nitrogens with zero attached hydrogens (tertiary/aromatic N) is 3. The smallest absolute Gasteiger partial charge is 0.164 e. The fraction of sp³-hybridized carbons (Fsp3) is 0. The lowest BCUT2D eigenvalue weighted by molar-refractivity contribution is 1.07. The Hall–Kier alpha value is -3.63. The van der Waals surface area contributed by atoms with E-state index in [4.69, 9.17) is 15.0 Å². The molecule has 0 atom stereocenters. The van der Waals surface area contributed by atoms with Crippen LogP contribution in [-0.2, 0) is 0 Å². The van der Waals surface area contributed by atoms with E-state index in [-0.39, 0.29) is 0 Å². The fourth-order valence-electron chi connectivity index (χ4n) is 3.44. The summed E-state index contributed by atoms with van der Waals surface area (Å²) in [6, 6.07) is 36.6. The normalized spacial score (nSPS) is 10.7. The Bertz CT molecular complexity index is 1260. The summed E-state index contributed by atoms with van der Waals surface area (Å²) in [5.41, 5.74) is 5.14. The van der Waals surface area contributed by atoms with Gasteiger partial charge < -0.3 is 0 Å². The number of benzene rings is 4. The highest BCUT2D eigenvalue weighted by Crippen LogP contribution is 2.32. The molecule has 148 valence electrons. The van der Waals surface area contributed by atoms with Gasteiger partial charge in [-0.1, -0.05) is 119 Å². The average Bonchev–Trinajstić information content (AvgIpc) is 2.85. The zero-order valence-corrected chi connectivity index (χ0v) is 18.2. The van der Waals surface area contributed by atoms with E-state index >= 15 is 0 Å². The van der Waals surface area contributed by atoms with Gasteiger partial charge in [0.15, 0.2) is 17.5 Å². The summed E-state index contributed by atoms with van der Waals surface area (Å²) in [6.45, 7) is 0. The van der Waals surface area contributed by atoms with Crippen molar-refractivity contribution in [2.75, 3.05) is 0 Å². The Morgan fingerprint density at radius 1 is 0.419 bits per heavy atom. The number of aromatic nitrogens is 3. The second-order valence-electron chi connectivity index (χ2n) is 7.10. The third-order valence-corrected chi connectivity index (χ3v) is 5.67. The number of hydrogen-bond acceptors (Lipinski definition) is 3. The van der Waals surface area contributed by atoms with Gasteiger partial charge in [-0.15, -0.1) is 0 Å². The minimum Gasteiger partial charge on any atom is -0.208 e. The van der Waals surface area contributed by atoms with Crippen molar-refractivity contribution in [3.05, 3.63) is 114 Å². The molecule has 0 aliphatic rings. The van der Waals surface area contributed by atoms with E-state index in [9.17, 15) is 0 Å². The van der Waals surface area contributed by atoms with Gasteiger partial charge in [0, 0.05) is 21.2 Å². The lowest BCUT2D eigenvalue weighted by Crippen LogP contribution is -2.00. The van der Waals surface area contributed by atoms with E-state index in [1.54, 1.807) is 0 Å². The second-order valence-corrected chi connectivity index (χ2v) is 7.95. The molecule has 31 heavy (non-hydrogen) atoms. The molecule has 1 aromatic heterocycles. The SMILES string of the molecule is Brc1cc(-c2nc(-c3ccccc3)nc(-c3ccccc3)n2)ccc1-c1ccccc1. The first-order chi connectivity index (χ1) is 15.3. The lowest BCUT2D eigenvalue weighted by Gasteiger charge is -2.10. The predicted molar refractivity (Wildman–Crippen MR) is 129 cm³/mol. The van der Waals surface area contributed by atoms with Crippen LogP contribution in [0, 0.1) is 0 Å². The molecule has 0 aliphatic heterocycles. The summed E-state index contributed by atoms with van der Waals surface area (Å²) < 4.78 is 0.999. The van der Waals surface area contributed by atoms with Crippen LogP contribution in [0.25, 0.3) is 45.3 Å². The van der Waals surface area contributed by atoms with Gasteiger partial charge >= 0.3 is 0 Å². The van der Waals surface area contributed by atoms with Crippen molar-refractivity contribution >= 4 is 15.9 Å². The van der Waals surface area contributed by atoms with Gasteiger partial charge in [0.2, 0.25) is 0 Å². The van der Waals surface area contributed by atoms with E-state index < -0.39 is 0 Å². The van der Waals surface area contributed by atoms with Crippen LogP contribution in [-0.4, -0.2) is 15.0 Å². The molecule has 1 heterocycles. The van der Waals surface area contributed by atoms with Gasteiger partial charge in [-0.25, -0.2) is 15.0 Å². The molecule has 4 heteroatoms. The van der Waals surface area contributed by atoms with E-state index in [2.05, 4.69) is 46.3 Å². The van der Waals surface area contributed by atoms with Crippen molar-refractivity contribution in [2.45, 2.75) is 0 Å². The molecule has 0 saturated carbocycles. The Kier molecular flexibility index (Phi) is 5.38. The Morgan fingerprint density at radius 2 is 0.839 bits per heavy atom. The van der Waals surface area contributed by atoms with Crippen LogP contribution in [0.1, 0.15) is 0 Å². The molecule has 0 unspecified atom stereocenters. The highest BCUT2D eigenvalue weighted by atomic mass is 79.9. The summed E-state index contributed by atoms with van der Waals surface area (Å²) in [5.74, 6) is 1.97.